The van der Waals surface area contributed by atoms with E-state index in [9.17, 15) is 14.8 Å². The van der Waals surface area contributed by atoms with Gasteiger partial charge in [-0.15, -0.1) is 0 Å². The van der Waals surface area contributed by atoms with E-state index in [1.807, 2.05) is 72.8 Å². The lowest BCUT2D eigenvalue weighted by Gasteiger charge is -2.17. The molecule has 0 aliphatic carbocycles. The average molecular weight is 470 g/mol. The van der Waals surface area contributed by atoms with Crippen molar-refractivity contribution in [2.24, 2.45) is 0 Å². The summed E-state index contributed by atoms with van der Waals surface area (Å²) in [5.74, 6) is -2.64. The van der Waals surface area contributed by atoms with Gasteiger partial charge in [-0.1, -0.05) is 78.9 Å². The number of ether oxygens (including phenoxy) is 2. The first kappa shape index (κ1) is 22.2. The summed E-state index contributed by atoms with van der Waals surface area (Å²) in [5, 5.41) is 13.6. The number of para-hydroxylation sites is 1. The lowest BCUT2D eigenvalue weighted by atomic mass is 9.89. The molecular formula is C27H22N2O6. The number of nitrogens with zero attached hydrogens (tertiary/aromatic N) is 1. The van der Waals surface area contributed by atoms with Crippen LogP contribution in [-0.2, 0) is 37.1 Å². The van der Waals surface area contributed by atoms with Gasteiger partial charge in [0.15, 0.2) is 6.10 Å². The Morgan fingerprint density at radius 3 is 2.14 bits per heavy atom. The fourth-order valence-electron chi connectivity index (χ4n) is 4.13. The first-order valence-electron chi connectivity index (χ1n) is 11.1. The van der Waals surface area contributed by atoms with Gasteiger partial charge in [0, 0.05) is 17.1 Å². The van der Waals surface area contributed by atoms with Crippen LogP contribution in [0.5, 0.6) is 0 Å². The van der Waals surface area contributed by atoms with E-state index in [0.717, 1.165) is 22.0 Å². The lowest BCUT2D eigenvalue weighted by molar-refractivity contribution is -0.736. The summed E-state index contributed by atoms with van der Waals surface area (Å²) in [4.78, 5) is 34.7. The smallest absolute Gasteiger partial charge is 0.406 e. The lowest BCUT2D eigenvalue weighted by Crippen LogP contribution is -2.34. The van der Waals surface area contributed by atoms with Crippen LogP contribution in [0, 0.1) is 5.21 Å². The minimum Gasteiger partial charge on any atom is -0.460 e. The molecule has 8 heteroatoms. The van der Waals surface area contributed by atoms with Crippen LogP contribution in [0.4, 0.5) is 0 Å². The molecule has 0 fully saturated rings. The number of hydrogen-bond acceptors (Lipinski definition) is 6. The molecule has 0 saturated heterocycles. The van der Waals surface area contributed by atoms with E-state index in [1.54, 1.807) is 18.3 Å². The highest BCUT2D eigenvalue weighted by Crippen LogP contribution is 2.35. The molecule has 0 spiro atoms. The summed E-state index contributed by atoms with van der Waals surface area (Å²) in [5.41, 5.74) is 2.59. The highest BCUT2D eigenvalue weighted by atomic mass is 16.9. The summed E-state index contributed by atoms with van der Waals surface area (Å²) in [6.45, 7) is -0.0203. The number of carbonyl (C=O) groups excluding carboxylic acids is 2. The quantitative estimate of drug-likeness (QED) is 0.323. The summed E-state index contributed by atoms with van der Waals surface area (Å²) in [7, 11) is 0. The Morgan fingerprint density at radius 2 is 1.46 bits per heavy atom. The first-order valence-corrected chi connectivity index (χ1v) is 11.1. The molecule has 0 radical (unpaired) electrons. The first-order chi connectivity index (χ1) is 17.1. The second-order valence-corrected chi connectivity index (χ2v) is 8.09. The predicted octanol–water partition coefficient (Wildman–Crippen LogP) is 4.00. The maximum atomic E-state index is 13.1. The zero-order valence-electron chi connectivity index (χ0n) is 18.6. The number of rotatable bonds is 7. The number of nitrogens with one attached hydrogen (secondary N) is 1. The van der Waals surface area contributed by atoms with Gasteiger partial charge < -0.3 is 19.3 Å². The Labute approximate surface area is 200 Å². The largest absolute Gasteiger partial charge is 0.460 e. The number of aromatic nitrogens is 1. The van der Waals surface area contributed by atoms with E-state index >= 15 is 0 Å². The van der Waals surface area contributed by atoms with Gasteiger partial charge in [-0.2, -0.15) is 0 Å². The number of hydrogen-bond donors (Lipinski definition) is 1. The van der Waals surface area contributed by atoms with Crippen LogP contribution < -0.4 is 0 Å². The fourth-order valence-corrected chi connectivity index (χ4v) is 4.13. The molecule has 0 saturated carbocycles. The minimum atomic E-state index is -1.35. The third-order valence-corrected chi connectivity index (χ3v) is 5.84. The maximum Gasteiger partial charge on any atom is 0.406 e. The molecule has 2 heterocycles. The molecule has 1 aliphatic heterocycles. The van der Waals surface area contributed by atoms with Gasteiger partial charge in [-0.05, 0) is 22.8 Å². The van der Waals surface area contributed by atoms with Gasteiger partial charge in [0.2, 0.25) is 0 Å². The van der Waals surface area contributed by atoms with Crippen LogP contribution in [0.2, 0.25) is 0 Å². The molecule has 3 aromatic carbocycles. The van der Waals surface area contributed by atoms with E-state index in [0.29, 0.717) is 5.56 Å². The standard InChI is InChI=1S/C27H22N2O6/c30-26(33-16-18-9-3-1-4-10-18)24-23(21-15-28-22-14-8-7-13-20(21)22)25(35-29(24)32)27(31)34-17-19-11-5-2-6-12-19/h1-15,23,25,28H,16-17H2/t23-,25+/m1/s1. The molecule has 0 unspecified atom stereocenters. The summed E-state index contributed by atoms with van der Waals surface area (Å²) in [6, 6.07) is 25.7. The molecule has 2 atom stereocenters. The van der Waals surface area contributed by atoms with Crippen molar-refractivity contribution in [3.8, 4) is 0 Å². The predicted molar refractivity (Wildman–Crippen MR) is 127 cm³/mol. The van der Waals surface area contributed by atoms with Crippen LogP contribution in [0.15, 0.2) is 91.1 Å². The monoisotopic (exact) mass is 470 g/mol. The third-order valence-electron chi connectivity index (χ3n) is 5.84. The van der Waals surface area contributed by atoms with Crippen LogP contribution in [-0.4, -0.2) is 33.6 Å². The number of aromatic amines is 1. The summed E-state index contributed by atoms with van der Waals surface area (Å²) >= 11 is 0. The van der Waals surface area contributed by atoms with Gasteiger partial charge in [0.1, 0.15) is 19.1 Å². The second-order valence-electron chi connectivity index (χ2n) is 8.09. The van der Waals surface area contributed by atoms with Gasteiger partial charge in [0.25, 0.3) is 0 Å². The van der Waals surface area contributed by atoms with E-state index in [1.165, 1.54) is 0 Å². The van der Waals surface area contributed by atoms with E-state index < -0.39 is 24.0 Å². The van der Waals surface area contributed by atoms with Gasteiger partial charge in [0.05, 0.1) is 4.90 Å². The molecule has 0 bridgehead atoms. The molecule has 4 aromatic rings. The van der Waals surface area contributed by atoms with E-state index in [-0.39, 0.29) is 23.8 Å². The Morgan fingerprint density at radius 1 is 0.857 bits per heavy atom. The van der Waals surface area contributed by atoms with Crippen molar-refractivity contribution in [3.63, 3.8) is 0 Å². The van der Waals surface area contributed by atoms with Crippen LogP contribution in [0.25, 0.3) is 10.9 Å². The molecule has 1 N–H and O–H groups in total. The number of carbonyl (C=O) groups is 2. The molecule has 1 aromatic heterocycles. The van der Waals surface area contributed by atoms with Gasteiger partial charge in [-0.3, -0.25) is 10.0 Å². The van der Waals surface area contributed by atoms with Crippen molar-refractivity contribution in [3.05, 3.63) is 113 Å². The van der Waals surface area contributed by atoms with Crippen molar-refractivity contribution < 1.29 is 28.8 Å². The molecular weight excluding hydrogens is 448 g/mol. The molecule has 0 amide bonds. The third kappa shape index (κ3) is 4.59. The Hall–Kier alpha value is -4.59. The molecule has 5 rings (SSSR count). The summed E-state index contributed by atoms with van der Waals surface area (Å²) < 4.78 is 10.9. The normalized spacial score (nSPS) is 17.3. The van der Waals surface area contributed by atoms with Crippen molar-refractivity contribution >= 4 is 28.6 Å². The van der Waals surface area contributed by atoms with Crippen molar-refractivity contribution in [2.45, 2.75) is 25.2 Å². The minimum absolute atomic E-state index is 0.00673. The topological polar surface area (TPSA) is 104 Å². The number of fused-ring (bicyclic) bond motifs is 1. The number of H-pyrrole nitrogens is 1. The SMILES string of the molecule is O=C(OCc1ccccc1)C1=[N+]([O-])O[C@H](C(=O)OCc2ccccc2)[C@@H]1c1c[nH]c2ccccc12. The highest BCUT2D eigenvalue weighted by molar-refractivity contribution is 6.37. The zero-order chi connectivity index (χ0) is 24.2. The van der Waals surface area contributed by atoms with Crippen LogP contribution in [0.3, 0.4) is 0 Å². The fraction of sp³-hybridized carbons (Fsp3) is 0.148. The van der Waals surface area contributed by atoms with Gasteiger partial charge in [-0.25, -0.2) is 4.79 Å². The van der Waals surface area contributed by atoms with Crippen LogP contribution >= 0.6 is 0 Å². The van der Waals surface area contributed by atoms with E-state index in [4.69, 9.17) is 14.3 Å². The highest BCUT2D eigenvalue weighted by Gasteiger charge is 2.51. The van der Waals surface area contributed by atoms with Gasteiger partial charge >= 0.3 is 17.7 Å². The summed E-state index contributed by atoms with van der Waals surface area (Å²) in [6.07, 6.45) is 0.314. The van der Waals surface area contributed by atoms with Crippen molar-refractivity contribution in [1.82, 2.24) is 4.98 Å². The van der Waals surface area contributed by atoms with Crippen LogP contribution in [0.1, 0.15) is 22.6 Å². The number of esters is 2. The van der Waals surface area contributed by atoms with E-state index in [2.05, 4.69) is 4.98 Å². The molecule has 35 heavy (non-hydrogen) atoms. The second kappa shape index (κ2) is 9.72. The molecule has 8 nitrogen and oxygen atoms in total. The Bertz CT molecular complexity index is 1380. The molecule has 176 valence electrons. The zero-order valence-corrected chi connectivity index (χ0v) is 18.6. The number of benzene rings is 3. The molecule has 1 aliphatic rings. The van der Waals surface area contributed by atoms with Crippen molar-refractivity contribution in [2.75, 3.05) is 0 Å². The Kier molecular flexibility index (Phi) is 6.17. The maximum absolute atomic E-state index is 13.1. The average Bonchev–Trinajstić information content (AvgIpc) is 3.47. The Balaban J connectivity index is 1.43. The van der Waals surface area contributed by atoms with Crippen molar-refractivity contribution in [1.29, 1.82) is 0 Å².